The highest BCUT2D eigenvalue weighted by Crippen LogP contribution is 2.35. The summed E-state index contributed by atoms with van der Waals surface area (Å²) < 4.78 is 0. The number of nitrogen functional groups attached to an aromatic ring is 4. The second-order valence-corrected chi connectivity index (χ2v) is 7.09. The van der Waals surface area contributed by atoms with Crippen LogP contribution in [0.2, 0.25) is 0 Å². The third-order valence-electron chi connectivity index (χ3n) is 4.76. The molecule has 0 atom stereocenters. The number of rotatable bonds is 2. The molecule has 0 unspecified atom stereocenters. The van der Waals surface area contributed by atoms with Crippen LogP contribution in [0.4, 0.5) is 22.7 Å². The second-order valence-electron chi connectivity index (χ2n) is 7.09. The fourth-order valence-corrected chi connectivity index (χ4v) is 3.00. The predicted molar refractivity (Wildman–Crippen MR) is 128 cm³/mol. The molecular weight excluding hydrogens is 408 g/mol. The lowest BCUT2D eigenvalue weighted by Crippen LogP contribution is -1.94. The largest absolute Gasteiger partial charge is 0.508 e. The van der Waals surface area contributed by atoms with Crippen LogP contribution < -0.4 is 22.9 Å². The summed E-state index contributed by atoms with van der Waals surface area (Å²) in [6.45, 7) is 0. The van der Waals surface area contributed by atoms with Crippen LogP contribution in [0.1, 0.15) is 0 Å². The van der Waals surface area contributed by atoms with Gasteiger partial charge in [-0.2, -0.15) is 0 Å². The van der Waals surface area contributed by atoms with Crippen LogP contribution in [0.3, 0.4) is 0 Å². The van der Waals surface area contributed by atoms with Gasteiger partial charge in [0.15, 0.2) is 0 Å². The van der Waals surface area contributed by atoms with Crippen LogP contribution in [0.5, 0.6) is 23.0 Å². The van der Waals surface area contributed by atoms with Crippen molar-refractivity contribution >= 4 is 22.7 Å². The summed E-state index contributed by atoms with van der Waals surface area (Å²) in [4.78, 5) is 0. The van der Waals surface area contributed by atoms with E-state index in [1.165, 1.54) is 24.3 Å². The van der Waals surface area contributed by atoms with Gasteiger partial charge < -0.3 is 43.4 Å². The Labute approximate surface area is 184 Å². The minimum absolute atomic E-state index is 0.0221. The van der Waals surface area contributed by atoms with Gasteiger partial charge in [0.2, 0.25) is 0 Å². The number of anilines is 4. The zero-order valence-corrected chi connectivity index (χ0v) is 17.0. The fourth-order valence-electron chi connectivity index (χ4n) is 3.00. The van der Waals surface area contributed by atoms with Gasteiger partial charge in [-0.1, -0.05) is 12.1 Å². The number of hydrogen-bond acceptors (Lipinski definition) is 8. The topological polar surface area (TPSA) is 185 Å². The SMILES string of the molecule is Nc1ccc(-c2ccc(N)c(O)c2)cc1O.Nc1ccc(O)cc1-c1cc(O)ccc1N. The van der Waals surface area contributed by atoms with Crippen molar-refractivity contribution in [2.75, 3.05) is 22.9 Å². The Morgan fingerprint density at radius 1 is 0.406 bits per heavy atom. The van der Waals surface area contributed by atoms with Crippen LogP contribution >= 0.6 is 0 Å². The molecule has 0 aliphatic heterocycles. The molecular formula is C24H24N4O4. The highest BCUT2D eigenvalue weighted by Gasteiger charge is 2.08. The van der Waals surface area contributed by atoms with E-state index in [2.05, 4.69) is 0 Å². The monoisotopic (exact) mass is 432 g/mol. The molecule has 4 aromatic carbocycles. The summed E-state index contributed by atoms with van der Waals surface area (Å²) in [6, 6.07) is 19.0. The summed E-state index contributed by atoms with van der Waals surface area (Å²) in [6.07, 6.45) is 0. The maximum atomic E-state index is 9.47. The van der Waals surface area contributed by atoms with Gasteiger partial charge in [0.05, 0.1) is 11.4 Å². The van der Waals surface area contributed by atoms with E-state index in [1.807, 2.05) is 0 Å². The molecule has 0 aromatic heterocycles. The maximum absolute atomic E-state index is 9.47. The van der Waals surface area contributed by atoms with Crippen LogP contribution in [-0.2, 0) is 0 Å². The maximum Gasteiger partial charge on any atom is 0.139 e. The number of benzene rings is 4. The van der Waals surface area contributed by atoms with Crippen molar-refractivity contribution < 1.29 is 20.4 Å². The Morgan fingerprint density at radius 2 is 0.750 bits per heavy atom. The van der Waals surface area contributed by atoms with Crippen LogP contribution in [-0.4, -0.2) is 20.4 Å². The van der Waals surface area contributed by atoms with Gasteiger partial charge in [-0.25, -0.2) is 0 Å². The van der Waals surface area contributed by atoms with Gasteiger partial charge >= 0.3 is 0 Å². The molecule has 0 bridgehead atoms. The Kier molecular flexibility index (Phi) is 6.16. The van der Waals surface area contributed by atoms with Gasteiger partial charge in [0.25, 0.3) is 0 Å². The zero-order chi connectivity index (χ0) is 23.4. The summed E-state index contributed by atoms with van der Waals surface area (Å²) in [5, 5.41) is 37.7. The number of phenolic OH excluding ortho intramolecular Hbond substituents is 4. The van der Waals surface area contributed by atoms with Gasteiger partial charge in [-0.05, 0) is 71.8 Å². The first-order valence-electron chi connectivity index (χ1n) is 9.50. The quantitative estimate of drug-likeness (QED) is 0.133. The molecule has 0 heterocycles. The van der Waals surface area contributed by atoms with Gasteiger partial charge in [0.1, 0.15) is 23.0 Å². The molecule has 0 saturated carbocycles. The van der Waals surface area contributed by atoms with Gasteiger partial charge in [-0.15, -0.1) is 0 Å². The van der Waals surface area contributed by atoms with Crippen molar-refractivity contribution in [3.63, 3.8) is 0 Å². The standard InChI is InChI=1S/2C12H12N2O2/c13-11-3-1-7(15)5-9(11)10-6-8(16)2-4-12(10)14;13-9-3-1-7(5-11(9)15)8-2-4-10(14)12(16)6-8/h2*1-6,15-16H,13-14H2. The molecule has 0 aliphatic carbocycles. The van der Waals surface area contributed by atoms with Crippen molar-refractivity contribution in [1.82, 2.24) is 0 Å². The zero-order valence-electron chi connectivity index (χ0n) is 17.0. The minimum Gasteiger partial charge on any atom is -0.508 e. The van der Waals surface area contributed by atoms with Crippen molar-refractivity contribution in [2.24, 2.45) is 0 Å². The molecule has 32 heavy (non-hydrogen) atoms. The third kappa shape index (κ3) is 4.88. The Balaban J connectivity index is 0.000000181. The minimum atomic E-state index is 0.0221. The number of nitrogens with two attached hydrogens (primary N) is 4. The first-order valence-corrected chi connectivity index (χ1v) is 9.50. The van der Waals surface area contributed by atoms with E-state index >= 15 is 0 Å². The van der Waals surface area contributed by atoms with Crippen LogP contribution in [0.15, 0.2) is 72.8 Å². The fraction of sp³-hybridized carbons (Fsp3) is 0. The lowest BCUT2D eigenvalue weighted by atomic mass is 10.0. The Morgan fingerprint density at radius 3 is 1.09 bits per heavy atom. The molecule has 8 nitrogen and oxygen atoms in total. The van der Waals surface area contributed by atoms with E-state index in [4.69, 9.17) is 22.9 Å². The van der Waals surface area contributed by atoms with Gasteiger partial charge in [0, 0.05) is 22.5 Å². The highest BCUT2D eigenvalue weighted by atomic mass is 16.3. The van der Waals surface area contributed by atoms with E-state index < -0.39 is 0 Å². The van der Waals surface area contributed by atoms with Crippen LogP contribution in [0, 0.1) is 0 Å². The average Bonchev–Trinajstić information content (AvgIpc) is 2.76. The van der Waals surface area contributed by atoms with Gasteiger partial charge in [-0.3, -0.25) is 0 Å². The van der Waals surface area contributed by atoms with Crippen molar-refractivity contribution in [3.05, 3.63) is 72.8 Å². The van der Waals surface area contributed by atoms with Crippen molar-refractivity contribution in [3.8, 4) is 45.3 Å². The summed E-state index contributed by atoms with van der Waals surface area (Å²) in [5.41, 5.74) is 27.0. The molecule has 164 valence electrons. The van der Waals surface area contributed by atoms with E-state index in [1.54, 1.807) is 48.5 Å². The summed E-state index contributed by atoms with van der Waals surface area (Å²) in [7, 11) is 0. The molecule has 12 N–H and O–H groups in total. The van der Waals surface area contributed by atoms with E-state index in [0.29, 0.717) is 33.9 Å². The molecule has 8 heteroatoms. The third-order valence-corrected chi connectivity index (χ3v) is 4.76. The van der Waals surface area contributed by atoms with Crippen molar-refractivity contribution in [1.29, 1.82) is 0 Å². The van der Waals surface area contributed by atoms with E-state index in [0.717, 1.165) is 11.1 Å². The normalized spacial score (nSPS) is 10.2. The lowest BCUT2D eigenvalue weighted by molar-refractivity contribution is 0.474. The predicted octanol–water partition coefficient (Wildman–Crippen LogP) is 3.86. The molecule has 0 radical (unpaired) electrons. The first-order chi connectivity index (χ1) is 15.2. The molecule has 4 rings (SSSR count). The van der Waals surface area contributed by atoms with Crippen LogP contribution in [0.25, 0.3) is 22.3 Å². The molecule has 0 fully saturated rings. The molecule has 0 spiro atoms. The average molecular weight is 432 g/mol. The second kappa shape index (κ2) is 8.97. The number of hydrogen-bond donors (Lipinski definition) is 8. The molecule has 0 aliphatic rings. The number of aromatic hydroxyl groups is 4. The number of phenols is 4. The summed E-state index contributed by atoms with van der Waals surface area (Å²) in [5.74, 6) is 0.251. The smallest absolute Gasteiger partial charge is 0.139 e. The molecule has 4 aromatic rings. The summed E-state index contributed by atoms with van der Waals surface area (Å²) >= 11 is 0. The first kappa shape index (κ1) is 22.0. The molecule has 0 amide bonds. The molecule has 0 saturated heterocycles. The Hall–Kier alpha value is -4.72. The van der Waals surface area contributed by atoms with E-state index in [9.17, 15) is 20.4 Å². The van der Waals surface area contributed by atoms with E-state index in [-0.39, 0.29) is 23.0 Å². The lowest BCUT2D eigenvalue weighted by Gasteiger charge is -2.09. The van der Waals surface area contributed by atoms with Crippen molar-refractivity contribution in [2.45, 2.75) is 0 Å². The Bertz CT molecular complexity index is 1180. The highest BCUT2D eigenvalue weighted by molar-refractivity contribution is 5.85.